The SMILES string of the molecule is C=C(C)c1c(N2CCS(=O)(=O)CC2)nc2c(-c3cnn(-c4ccccc4)c3)cnn2c1N(COCC[Si](C)(C)C)COCC[Si](C)(C)C. The number of para-hydroxylation sites is 1. The molecule has 260 valence electrons. The standard InChI is InChI=1S/C34H51N7O4SSi2/c1-27(2)31-33(38-14-18-46(42,43)19-15-38)37-32-30(28-22-35-40(24-28)29-12-10-9-11-13-29)23-36-41(32)34(31)39(25-44-16-20-47(3,4)5)26-45-17-21-48(6,7)8/h9-13,22-24H,1,14-21,25-26H2,2-8H3. The van der Waals surface area contributed by atoms with Crippen molar-refractivity contribution in [1.29, 1.82) is 0 Å². The summed E-state index contributed by atoms with van der Waals surface area (Å²) in [6.45, 7) is 23.0. The summed E-state index contributed by atoms with van der Waals surface area (Å²) >= 11 is 0. The summed E-state index contributed by atoms with van der Waals surface area (Å²) in [5, 5.41) is 9.54. The molecule has 0 unspecified atom stereocenters. The average Bonchev–Trinajstić information content (AvgIpc) is 3.66. The molecule has 0 spiro atoms. The molecular weight excluding hydrogens is 659 g/mol. The Balaban J connectivity index is 1.63. The topological polar surface area (TPSA) is 107 Å². The monoisotopic (exact) mass is 709 g/mol. The quantitative estimate of drug-likeness (QED) is 0.0801. The van der Waals surface area contributed by atoms with Gasteiger partial charge in [0.2, 0.25) is 0 Å². The highest BCUT2D eigenvalue weighted by Crippen LogP contribution is 2.38. The fourth-order valence-corrected chi connectivity index (χ4v) is 8.16. The molecule has 1 aromatic carbocycles. The van der Waals surface area contributed by atoms with E-state index in [4.69, 9.17) is 19.6 Å². The second kappa shape index (κ2) is 14.7. The van der Waals surface area contributed by atoms with E-state index in [0.29, 0.717) is 51.2 Å². The van der Waals surface area contributed by atoms with Crippen LogP contribution >= 0.6 is 0 Å². The molecule has 48 heavy (non-hydrogen) atoms. The Morgan fingerprint density at radius 1 is 0.917 bits per heavy atom. The van der Waals surface area contributed by atoms with Gasteiger partial charge in [0, 0.05) is 59.8 Å². The maximum Gasteiger partial charge on any atom is 0.167 e. The highest BCUT2D eigenvalue weighted by Gasteiger charge is 2.30. The summed E-state index contributed by atoms with van der Waals surface area (Å²) in [5.41, 5.74) is 4.87. The zero-order valence-corrected chi connectivity index (χ0v) is 32.4. The van der Waals surface area contributed by atoms with Crippen LogP contribution in [0.1, 0.15) is 12.5 Å². The molecule has 14 heteroatoms. The average molecular weight is 710 g/mol. The van der Waals surface area contributed by atoms with Gasteiger partial charge in [0.25, 0.3) is 0 Å². The van der Waals surface area contributed by atoms with Crippen LogP contribution in [0.2, 0.25) is 51.4 Å². The number of nitrogens with zero attached hydrogens (tertiary/aromatic N) is 7. The molecule has 4 heterocycles. The van der Waals surface area contributed by atoms with Crippen LogP contribution in [0.4, 0.5) is 11.6 Å². The number of benzene rings is 1. The van der Waals surface area contributed by atoms with Crippen LogP contribution in [0.3, 0.4) is 0 Å². The Bertz CT molecular complexity index is 1790. The van der Waals surface area contributed by atoms with Crippen molar-refractivity contribution in [3.8, 4) is 16.8 Å². The molecule has 1 aliphatic heterocycles. The molecule has 1 aliphatic rings. The first-order valence-corrected chi connectivity index (χ1v) is 25.9. The van der Waals surface area contributed by atoms with Gasteiger partial charge >= 0.3 is 0 Å². The van der Waals surface area contributed by atoms with Crippen LogP contribution in [0, 0.1) is 0 Å². The number of hydrogen-bond donors (Lipinski definition) is 0. The van der Waals surface area contributed by atoms with Gasteiger partial charge in [0.05, 0.1) is 35.2 Å². The molecule has 0 aliphatic carbocycles. The Hall–Kier alpha value is -3.31. The minimum atomic E-state index is -3.11. The maximum absolute atomic E-state index is 12.5. The maximum atomic E-state index is 12.5. The van der Waals surface area contributed by atoms with Gasteiger partial charge in [0.1, 0.15) is 25.1 Å². The van der Waals surface area contributed by atoms with Crippen LogP contribution in [0.15, 0.2) is 55.5 Å². The lowest BCUT2D eigenvalue weighted by Crippen LogP contribution is -2.42. The fraction of sp³-hybridized carbons (Fsp3) is 0.500. The molecule has 11 nitrogen and oxygen atoms in total. The molecule has 5 rings (SSSR count). The van der Waals surface area contributed by atoms with E-state index < -0.39 is 26.0 Å². The predicted molar refractivity (Wildman–Crippen MR) is 202 cm³/mol. The van der Waals surface area contributed by atoms with E-state index in [0.717, 1.165) is 45.9 Å². The van der Waals surface area contributed by atoms with Crippen molar-refractivity contribution >= 4 is 48.8 Å². The van der Waals surface area contributed by atoms with E-state index >= 15 is 0 Å². The lowest BCUT2D eigenvalue weighted by atomic mass is 10.1. The summed E-state index contributed by atoms with van der Waals surface area (Å²) in [6.07, 6.45) is 5.62. The van der Waals surface area contributed by atoms with Gasteiger partial charge in [-0.3, -0.25) is 0 Å². The summed E-state index contributed by atoms with van der Waals surface area (Å²) in [6, 6.07) is 12.0. The number of rotatable bonds is 15. The number of ether oxygens (including phenoxy) is 2. The number of fused-ring (bicyclic) bond motifs is 1. The molecule has 3 aromatic heterocycles. The van der Waals surface area contributed by atoms with Crippen LogP contribution in [-0.4, -0.2) is 100 Å². The lowest BCUT2D eigenvalue weighted by Gasteiger charge is -2.33. The summed E-state index contributed by atoms with van der Waals surface area (Å²) in [7, 11) is -5.73. The third-order valence-corrected chi connectivity index (χ3v) is 13.4. The number of aromatic nitrogens is 5. The van der Waals surface area contributed by atoms with Crippen molar-refractivity contribution in [3.63, 3.8) is 0 Å². The van der Waals surface area contributed by atoms with E-state index in [1.807, 2.05) is 65.0 Å². The van der Waals surface area contributed by atoms with Gasteiger partial charge in [-0.05, 0) is 36.7 Å². The van der Waals surface area contributed by atoms with E-state index in [-0.39, 0.29) is 11.5 Å². The first-order valence-electron chi connectivity index (χ1n) is 16.7. The van der Waals surface area contributed by atoms with Gasteiger partial charge in [-0.1, -0.05) is 64.1 Å². The molecule has 4 aromatic rings. The molecule has 1 saturated heterocycles. The van der Waals surface area contributed by atoms with Gasteiger partial charge in [-0.25, -0.2) is 18.1 Å². The molecule has 0 amide bonds. The number of allylic oxidation sites excluding steroid dienone is 1. The van der Waals surface area contributed by atoms with E-state index in [1.54, 1.807) is 0 Å². The number of hydrogen-bond acceptors (Lipinski definition) is 9. The number of sulfone groups is 1. The zero-order valence-electron chi connectivity index (χ0n) is 29.6. The Kier molecular flexibility index (Phi) is 11.0. The van der Waals surface area contributed by atoms with E-state index in [1.165, 1.54) is 0 Å². The Labute approximate surface area is 287 Å². The van der Waals surface area contributed by atoms with Crippen molar-refractivity contribution in [3.05, 3.63) is 61.1 Å². The van der Waals surface area contributed by atoms with Gasteiger partial charge in [-0.15, -0.1) is 0 Å². The minimum Gasteiger partial charge on any atom is -0.361 e. The highest BCUT2D eigenvalue weighted by atomic mass is 32.2. The lowest BCUT2D eigenvalue weighted by molar-refractivity contribution is 0.0942. The summed E-state index contributed by atoms with van der Waals surface area (Å²) in [4.78, 5) is 9.37. The molecular formula is C34H51N7O4SSi2. The van der Waals surface area contributed by atoms with Crippen molar-refractivity contribution in [2.75, 3.05) is 61.1 Å². The number of anilines is 2. The van der Waals surface area contributed by atoms with Gasteiger partial charge < -0.3 is 19.3 Å². The molecule has 0 N–H and O–H groups in total. The van der Waals surface area contributed by atoms with Crippen LogP contribution < -0.4 is 9.80 Å². The van der Waals surface area contributed by atoms with Crippen LogP contribution in [0.25, 0.3) is 28.0 Å². The highest BCUT2D eigenvalue weighted by molar-refractivity contribution is 7.91. The smallest absolute Gasteiger partial charge is 0.167 e. The molecule has 0 atom stereocenters. The summed E-state index contributed by atoms with van der Waals surface area (Å²) in [5.74, 6) is 1.60. The fourth-order valence-electron chi connectivity index (χ4n) is 5.45. The second-order valence-corrected chi connectivity index (χ2v) is 28.6. The zero-order chi connectivity index (χ0) is 34.7. The molecule has 0 bridgehead atoms. The summed E-state index contributed by atoms with van der Waals surface area (Å²) < 4.78 is 41.3. The minimum absolute atomic E-state index is 0.0735. The Morgan fingerprint density at radius 2 is 1.52 bits per heavy atom. The van der Waals surface area contributed by atoms with Gasteiger partial charge in [-0.2, -0.15) is 14.7 Å². The van der Waals surface area contributed by atoms with E-state index in [9.17, 15) is 8.42 Å². The third-order valence-electron chi connectivity index (χ3n) is 8.38. The predicted octanol–water partition coefficient (Wildman–Crippen LogP) is 6.28. The molecule has 0 radical (unpaired) electrons. The largest absolute Gasteiger partial charge is 0.361 e. The van der Waals surface area contributed by atoms with Crippen LogP contribution in [-0.2, 0) is 19.3 Å². The van der Waals surface area contributed by atoms with Crippen molar-refractivity contribution < 1.29 is 17.9 Å². The van der Waals surface area contributed by atoms with Crippen molar-refractivity contribution in [1.82, 2.24) is 24.4 Å². The first-order chi connectivity index (χ1) is 22.6. The van der Waals surface area contributed by atoms with E-state index in [2.05, 4.69) is 60.8 Å². The molecule has 1 fully saturated rings. The molecule has 0 saturated carbocycles. The van der Waals surface area contributed by atoms with Crippen LogP contribution in [0.5, 0.6) is 0 Å². The second-order valence-electron chi connectivity index (χ2n) is 15.1. The Morgan fingerprint density at radius 3 is 2.08 bits per heavy atom. The third kappa shape index (κ3) is 9.02. The first kappa shape index (κ1) is 36.0. The van der Waals surface area contributed by atoms with Gasteiger partial charge in [0.15, 0.2) is 15.5 Å². The van der Waals surface area contributed by atoms with Crippen molar-refractivity contribution in [2.24, 2.45) is 0 Å². The normalized spacial score (nSPS) is 15.3. The van der Waals surface area contributed by atoms with Crippen molar-refractivity contribution in [2.45, 2.75) is 58.3 Å².